The lowest BCUT2D eigenvalue weighted by Crippen LogP contribution is -2.49. The third kappa shape index (κ3) is 9.06. The van der Waals surface area contributed by atoms with Gasteiger partial charge in [-0.05, 0) is 74.9 Å². The Kier molecular flexibility index (Phi) is 11.7. The highest BCUT2D eigenvalue weighted by molar-refractivity contribution is 7.12. The lowest BCUT2D eigenvalue weighted by molar-refractivity contribution is 0.282. The maximum Gasteiger partial charge on any atom is 0.0303 e. The summed E-state index contributed by atoms with van der Waals surface area (Å²) in [5.41, 5.74) is 0. The fourth-order valence-electron chi connectivity index (χ4n) is 8.09. The molecule has 4 aliphatic rings. The number of hydrogen-bond donors (Lipinski definition) is 6. The summed E-state index contributed by atoms with van der Waals surface area (Å²) < 4.78 is 0. The van der Waals surface area contributed by atoms with E-state index in [-0.39, 0.29) is 0 Å². The van der Waals surface area contributed by atoms with Crippen molar-refractivity contribution in [1.82, 2.24) is 31.9 Å². The van der Waals surface area contributed by atoms with Crippen LogP contribution in [0.5, 0.6) is 0 Å². The zero-order chi connectivity index (χ0) is 30.3. The van der Waals surface area contributed by atoms with Gasteiger partial charge < -0.3 is 31.9 Å². The Bertz CT molecular complexity index is 1070. The van der Waals surface area contributed by atoms with Crippen molar-refractivity contribution in [3.8, 4) is 0 Å². The molecule has 3 aromatic heterocycles. The van der Waals surface area contributed by atoms with Crippen molar-refractivity contribution in [3.63, 3.8) is 0 Å². The van der Waals surface area contributed by atoms with E-state index in [1.807, 2.05) is 34.0 Å². The molecule has 3 aromatic rings. The maximum absolute atomic E-state index is 3.96. The van der Waals surface area contributed by atoms with Crippen LogP contribution in [0.1, 0.15) is 106 Å². The summed E-state index contributed by atoms with van der Waals surface area (Å²) in [6, 6.07) is 17.4. The molecule has 1 aliphatic heterocycles. The second kappa shape index (κ2) is 16.3. The third-order valence-corrected chi connectivity index (χ3v) is 13.9. The Morgan fingerprint density at radius 2 is 0.489 bits per heavy atom. The van der Waals surface area contributed by atoms with Gasteiger partial charge in [-0.1, -0.05) is 38.5 Å². The number of nitrogens with one attached hydrogen (secondary N) is 6. The third-order valence-electron chi connectivity index (χ3n) is 10.7. The quantitative estimate of drug-likeness (QED) is 0.160. The van der Waals surface area contributed by atoms with Crippen molar-refractivity contribution in [1.29, 1.82) is 0 Å². The van der Waals surface area contributed by atoms with Crippen LogP contribution < -0.4 is 31.9 Å². The van der Waals surface area contributed by atoms with E-state index in [1.54, 1.807) is 0 Å². The highest BCUT2D eigenvalue weighted by atomic mass is 32.1. The first-order valence-corrected chi connectivity index (χ1v) is 20.3. The van der Waals surface area contributed by atoms with E-state index in [2.05, 4.69) is 68.3 Å². The van der Waals surface area contributed by atoms with Crippen LogP contribution in [0.3, 0.4) is 0 Å². The molecule has 6 atom stereocenters. The normalized spacial score (nSPS) is 31.2. The smallest absolute Gasteiger partial charge is 0.0303 e. The summed E-state index contributed by atoms with van der Waals surface area (Å²) in [5.74, 6) is 0. The molecule has 45 heavy (non-hydrogen) atoms. The first-order valence-electron chi connectivity index (χ1n) is 17.9. The number of rotatable bonds is 0. The Morgan fingerprint density at radius 3 is 0.667 bits per heavy atom. The van der Waals surface area contributed by atoms with E-state index in [0.29, 0.717) is 36.3 Å². The molecular weight excluding hydrogens is 613 g/mol. The van der Waals surface area contributed by atoms with Gasteiger partial charge in [0.25, 0.3) is 0 Å². The van der Waals surface area contributed by atoms with Crippen molar-refractivity contribution >= 4 is 34.0 Å². The highest BCUT2D eigenvalue weighted by Gasteiger charge is 2.27. The summed E-state index contributed by atoms with van der Waals surface area (Å²) in [4.78, 5) is 8.78. The van der Waals surface area contributed by atoms with E-state index >= 15 is 0 Å². The van der Waals surface area contributed by atoms with Gasteiger partial charge in [0.05, 0.1) is 0 Å². The average molecular weight is 667 g/mol. The second-order valence-corrected chi connectivity index (χ2v) is 17.6. The first-order chi connectivity index (χ1) is 22.2. The van der Waals surface area contributed by atoms with Gasteiger partial charge in [-0.15, -0.1) is 34.0 Å². The predicted octanol–water partition coefficient (Wildman–Crippen LogP) is 6.76. The van der Waals surface area contributed by atoms with Gasteiger partial charge in [-0.3, -0.25) is 0 Å². The van der Waals surface area contributed by atoms with Gasteiger partial charge in [0.1, 0.15) is 0 Å². The highest BCUT2D eigenvalue weighted by Crippen LogP contribution is 2.26. The first kappa shape index (κ1) is 32.4. The van der Waals surface area contributed by atoms with Crippen LogP contribution in [0.4, 0.5) is 0 Å². The standard InChI is InChI=1S/C36H54N6S3/c1-2-8-32-31(7-1)37-19-25-13-14-27(43-25)21-39-33-9-3-4-10-34(33)41-23-29-17-18-30(45-29)24-42-36-12-6-5-11-35(36)40-22-28-16-15-26(44-28)20-38-32/h13-18,31-42H,1-12,19-24H2/t31-,32-,33-,34-,35-,36-/m1/s1. The molecule has 3 saturated carbocycles. The van der Waals surface area contributed by atoms with Crippen LogP contribution in [0, 0.1) is 0 Å². The Hall–Kier alpha value is -1.14. The molecule has 3 aliphatic carbocycles. The summed E-state index contributed by atoms with van der Waals surface area (Å²) in [6.45, 7) is 5.89. The average Bonchev–Trinajstić information content (AvgIpc) is 3.85. The largest absolute Gasteiger partial charge is 0.308 e. The van der Waals surface area contributed by atoms with Gasteiger partial charge in [0, 0.05) is 105 Å². The predicted molar refractivity (Wildman–Crippen MR) is 192 cm³/mol. The maximum atomic E-state index is 3.96. The van der Waals surface area contributed by atoms with Crippen LogP contribution in [0.2, 0.25) is 0 Å². The summed E-state index contributed by atoms with van der Waals surface area (Å²) >= 11 is 5.96. The summed E-state index contributed by atoms with van der Waals surface area (Å²) in [7, 11) is 0. The fourth-order valence-corrected chi connectivity index (χ4v) is 10.8. The Balaban J connectivity index is 1.03. The van der Waals surface area contributed by atoms with Crippen LogP contribution in [0.25, 0.3) is 0 Å². The van der Waals surface area contributed by atoms with Gasteiger partial charge in [-0.25, -0.2) is 0 Å². The summed E-state index contributed by atoms with van der Waals surface area (Å²) in [5, 5.41) is 23.8. The lowest BCUT2D eigenvalue weighted by Gasteiger charge is -2.33. The molecule has 0 radical (unpaired) electrons. The molecular formula is C36H54N6S3. The molecule has 3 fully saturated rings. The van der Waals surface area contributed by atoms with Crippen LogP contribution in [-0.4, -0.2) is 36.3 Å². The minimum Gasteiger partial charge on any atom is -0.308 e. The van der Waals surface area contributed by atoms with E-state index in [4.69, 9.17) is 0 Å². The second-order valence-electron chi connectivity index (χ2n) is 13.9. The SMILES string of the molecule is c1cc2sc1CN[C@@H]1CCCC[C@H]1NCc1ccc(s1)CN[C@@H]1CCCC[C@H]1NCc1ccc(s1)CN[C@@H]1CCCC[C@H]1NC2. The molecule has 4 heterocycles. The van der Waals surface area contributed by atoms with Crippen molar-refractivity contribution in [2.75, 3.05) is 0 Å². The Morgan fingerprint density at radius 1 is 0.311 bits per heavy atom. The fraction of sp³-hybridized carbons (Fsp3) is 0.667. The van der Waals surface area contributed by atoms with Gasteiger partial charge in [0.15, 0.2) is 0 Å². The summed E-state index contributed by atoms with van der Waals surface area (Å²) in [6.07, 6.45) is 15.7. The minimum absolute atomic E-state index is 0.551. The number of fused-ring (bicyclic) bond motifs is 9. The monoisotopic (exact) mass is 666 g/mol. The number of thiophene rings is 3. The molecule has 6 bridgehead atoms. The Labute approximate surface area is 283 Å². The molecule has 0 aromatic carbocycles. The topological polar surface area (TPSA) is 72.2 Å². The molecule has 246 valence electrons. The van der Waals surface area contributed by atoms with Crippen molar-refractivity contribution < 1.29 is 0 Å². The molecule has 9 heteroatoms. The molecule has 0 saturated heterocycles. The van der Waals surface area contributed by atoms with E-state index in [0.717, 1.165) is 39.3 Å². The zero-order valence-corrected chi connectivity index (χ0v) is 29.3. The molecule has 6 nitrogen and oxygen atoms in total. The van der Waals surface area contributed by atoms with E-state index in [9.17, 15) is 0 Å². The van der Waals surface area contributed by atoms with Gasteiger partial charge in [0.2, 0.25) is 0 Å². The molecule has 0 amide bonds. The molecule has 0 unspecified atom stereocenters. The van der Waals surface area contributed by atoms with Crippen molar-refractivity contribution in [2.24, 2.45) is 0 Å². The van der Waals surface area contributed by atoms with Crippen molar-refractivity contribution in [2.45, 2.75) is 153 Å². The molecule has 0 spiro atoms. The zero-order valence-electron chi connectivity index (χ0n) is 26.9. The van der Waals surface area contributed by atoms with Crippen LogP contribution in [-0.2, 0) is 39.3 Å². The molecule has 6 N–H and O–H groups in total. The van der Waals surface area contributed by atoms with Crippen molar-refractivity contribution in [3.05, 3.63) is 65.7 Å². The minimum atomic E-state index is 0.551. The van der Waals surface area contributed by atoms with Gasteiger partial charge in [-0.2, -0.15) is 0 Å². The number of hydrogen-bond acceptors (Lipinski definition) is 9. The van der Waals surface area contributed by atoms with Crippen LogP contribution in [0.15, 0.2) is 36.4 Å². The molecule has 7 rings (SSSR count). The van der Waals surface area contributed by atoms with Gasteiger partial charge >= 0.3 is 0 Å². The van der Waals surface area contributed by atoms with Crippen LogP contribution >= 0.6 is 34.0 Å². The van der Waals surface area contributed by atoms with E-state index < -0.39 is 0 Å². The lowest BCUT2D eigenvalue weighted by atomic mass is 9.90. The van der Waals surface area contributed by atoms with E-state index in [1.165, 1.54) is 106 Å².